The van der Waals surface area contributed by atoms with E-state index < -0.39 is 11.7 Å². The van der Waals surface area contributed by atoms with E-state index in [0.29, 0.717) is 17.8 Å². The van der Waals surface area contributed by atoms with Crippen LogP contribution in [0, 0.1) is 0 Å². The minimum Gasteiger partial charge on any atom is -0.483 e. The zero-order chi connectivity index (χ0) is 17.2. The van der Waals surface area contributed by atoms with Gasteiger partial charge in [0.25, 0.3) is 0 Å². The fraction of sp³-hybridized carbons (Fsp3) is 0.238. The summed E-state index contributed by atoms with van der Waals surface area (Å²) in [5, 5.41) is 0.841. The Morgan fingerprint density at radius 3 is 2.60 bits per heavy atom. The number of carbonyl (C=O) groups is 1. The summed E-state index contributed by atoms with van der Waals surface area (Å²) >= 11 is 0. The van der Waals surface area contributed by atoms with Crippen LogP contribution in [0.15, 0.2) is 63.8 Å². The highest BCUT2D eigenvalue weighted by molar-refractivity contribution is 5.93. The van der Waals surface area contributed by atoms with Crippen molar-refractivity contribution in [2.45, 2.75) is 31.8 Å². The number of rotatable bonds is 3. The highest BCUT2D eigenvalue weighted by Gasteiger charge is 2.24. The summed E-state index contributed by atoms with van der Waals surface area (Å²) in [4.78, 5) is 23.9. The van der Waals surface area contributed by atoms with E-state index in [-0.39, 0.29) is 5.78 Å². The van der Waals surface area contributed by atoms with Crippen LogP contribution in [0.25, 0.3) is 22.1 Å². The molecule has 1 aliphatic rings. The lowest BCUT2D eigenvalue weighted by molar-refractivity contribution is -0.127. The molecule has 0 radical (unpaired) electrons. The van der Waals surface area contributed by atoms with E-state index in [9.17, 15) is 9.59 Å². The molecule has 1 atom stereocenters. The van der Waals surface area contributed by atoms with Crippen LogP contribution in [0.2, 0.25) is 0 Å². The van der Waals surface area contributed by atoms with E-state index in [0.717, 1.165) is 35.8 Å². The molecule has 1 aromatic heterocycles. The summed E-state index contributed by atoms with van der Waals surface area (Å²) in [7, 11) is 0. The van der Waals surface area contributed by atoms with Gasteiger partial charge in [-0.3, -0.25) is 4.79 Å². The summed E-state index contributed by atoms with van der Waals surface area (Å²) in [6.07, 6.45) is 2.86. The van der Waals surface area contributed by atoms with Crippen LogP contribution >= 0.6 is 0 Å². The molecule has 2 aromatic carbocycles. The van der Waals surface area contributed by atoms with Gasteiger partial charge in [0.15, 0.2) is 11.9 Å². The van der Waals surface area contributed by atoms with Crippen molar-refractivity contribution in [1.82, 2.24) is 0 Å². The van der Waals surface area contributed by atoms with Gasteiger partial charge < -0.3 is 9.15 Å². The van der Waals surface area contributed by atoms with Gasteiger partial charge in [-0.2, -0.15) is 0 Å². The summed E-state index contributed by atoms with van der Waals surface area (Å²) in [6, 6.07) is 16.6. The number of hydrogen-bond acceptors (Lipinski definition) is 4. The normalized spacial score (nSPS) is 17.6. The predicted molar refractivity (Wildman–Crippen MR) is 95.8 cm³/mol. The van der Waals surface area contributed by atoms with Crippen molar-refractivity contribution in [3.63, 3.8) is 0 Å². The second-order valence-corrected chi connectivity index (χ2v) is 6.32. The molecule has 0 unspecified atom stereocenters. The van der Waals surface area contributed by atoms with Crippen molar-refractivity contribution in [2.75, 3.05) is 0 Å². The molecule has 4 rings (SSSR count). The quantitative estimate of drug-likeness (QED) is 0.668. The Balaban J connectivity index is 1.74. The molecule has 0 bridgehead atoms. The number of ketones is 1. The molecule has 0 amide bonds. The van der Waals surface area contributed by atoms with Crippen LogP contribution in [0.4, 0.5) is 0 Å². The Labute approximate surface area is 145 Å². The number of hydrogen-bond donors (Lipinski definition) is 0. The number of fused-ring (bicyclic) bond motifs is 1. The molecule has 1 fully saturated rings. The molecule has 1 saturated carbocycles. The van der Waals surface area contributed by atoms with Crippen molar-refractivity contribution in [2.24, 2.45) is 0 Å². The van der Waals surface area contributed by atoms with Crippen LogP contribution < -0.4 is 10.4 Å². The van der Waals surface area contributed by atoms with Crippen molar-refractivity contribution < 1.29 is 13.9 Å². The van der Waals surface area contributed by atoms with Gasteiger partial charge in [0, 0.05) is 23.9 Å². The van der Waals surface area contributed by atoms with Crippen LogP contribution in [0.3, 0.4) is 0 Å². The maximum atomic E-state index is 12.0. The Morgan fingerprint density at radius 1 is 0.960 bits per heavy atom. The van der Waals surface area contributed by atoms with Crippen molar-refractivity contribution in [3.8, 4) is 16.9 Å². The Kier molecular flexibility index (Phi) is 4.10. The molecule has 25 heavy (non-hydrogen) atoms. The third-order valence-corrected chi connectivity index (χ3v) is 4.58. The minimum absolute atomic E-state index is 0.144. The standard InChI is InChI=1S/C21H18O4/c22-18-8-4-5-9-19(18)24-15-10-11-16-17(14-6-2-1-3-7-14)13-21(23)25-20(16)12-15/h1-3,6-7,10-13,19H,4-5,8-9H2/t19-/m0/s1. The molecule has 1 aliphatic carbocycles. The Bertz CT molecular complexity index is 972. The highest BCUT2D eigenvalue weighted by Crippen LogP contribution is 2.30. The fourth-order valence-electron chi connectivity index (χ4n) is 3.31. The largest absolute Gasteiger partial charge is 0.483 e. The topological polar surface area (TPSA) is 56.5 Å². The summed E-state index contributed by atoms with van der Waals surface area (Å²) < 4.78 is 11.2. The summed E-state index contributed by atoms with van der Waals surface area (Å²) in [5.41, 5.74) is 1.84. The van der Waals surface area contributed by atoms with Gasteiger partial charge in [-0.25, -0.2) is 4.79 Å². The second-order valence-electron chi connectivity index (χ2n) is 6.32. The monoisotopic (exact) mass is 334 g/mol. The van der Waals surface area contributed by atoms with Crippen molar-refractivity contribution >= 4 is 16.8 Å². The SMILES string of the molecule is O=C1CCCC[C@@H]1Oc1ccc2c(-c3ccccc3)cc(=O)oc2c1. The lowest BCUT2D eigenvalue weighted by atomic mass is 9.96. The van der Waals surface area contributed by atoms with E-state index in [4.69, 9.17) is 9.15 Å². The van der Waals surface area contributed by atoms with Crippen LogP contribution in [-0.2, 0) is 4.79 Å². The minimum atomic E-state index is -0.405. The molecule has 0 N–H and O–H groups in total. The van der Waals surface area contributed by atoms with Gasteiger partial charge in [0.2, 0.25) is 0 Å². The first kappa shape index (κ1) is 15.6. The first-order valence-corrected chi connectivity index (χ1v) is 8.53. The first-order valence-electron chi connectivity index (χ1n) is 8.53. The van der Waals surface area contributed by atoms with E-state index in [1.54, 1.807) is 6.07 Å². The number of Topliss-reactive ketones (excluding diaryl/α,β-unsaturated/α-hetero) is 1. The smallest absolute Gasteiger partial charge is 0.336 e. The Morgan fingerprint density at radius 2 is 1.80 bits per heavy atom. The molecular weight excluding hydrogens is 316 g/mol. The summed E-state index contributed by atoms with van der Waals surface area (Å²) in [6.45, 7) is 0. The van der Waals surface area contributed by atoms with Gasteiger partial charge in [-0.05, 0) is 42.5 Å². The lowest BCUT2D eigenvalue weighted by Crippen LogP contribution is -2.30. The van der Waals surface area contributed by atoms with E-state index in [1.165, 1.54) is 6.07 Å². The van der Waals surface area contributed by atoms with Gasteiger partial charge >= 0.3 is 5.63 Å². The first-order chi connectivity index (χ1) is 12.2. The van der Waals surface area contributed by atoms with Gasteiger partial charge in [-0.1, -0.05) is 30.3 Å². The Hall–Kier alpha value is -2.88. The van der Waals surface area contributed by atoms with Crippen LogP contribution in [0.1, 0.15) is 25.7 Å². The molecule has 0 spiro atoms. The van der Waals surface area contributed by atoms with E-state index in [2.05, 4.69) is 0 Å². The fourth-order valence-corrected chi connectivity index (χ4v) is 3.31. The lowest BCUT2D eigenvalue weighted by Gasteiger charge is -2.21. The molecule has 1 heterocycles. The molecule has 126 valence electrons. The predicted octanol–water partition coefficient (Wildman–Crippen LogP) is 4.35. The molecule has 4 nitrogen and oxygen atoms in total. The highest BCUT2D eigenvalue weighted by atomic mass is 16.5. The van der Waals surface area contributed by atoms with Crippen LogP contribution in [0.5, 0.6) is 5.75 Å². The summed E-state index contributed by atoms with van der Waals surface area (Å²) in [5.74, 6) is 0.701. The van der Waals surface area contributed by atoms with Gasteiger partial charge in [0.1, 0.15) is 11.3 Å². The third kappa shape index (κ3) is 3.20. The van der Waals surface area contributed by atoms with Crippen LogP contribution in [-0.4, -0.2) is 11.9 Å². The molecule has 3 aromatic rings. The second kappa shape index (κ2) is 6.55. The number of benzene rings is 2. The number of ether oxygens (including phenoxy) is 1. The van der Waals surface area contributed by atoms with Gasteiger partial charge in [-0.15, -0.1) is 0 Å². The molecule has 4 heteroatoms. The van der Waals surface area contributed by atoms with Crippen molar-refractivity contribution in [1.29, 1.82) is 0 Å². The number of carbonyl (C=O) groups excluding carboxylic acids is 1. The maximum Gasteiger partial charge on any atom is 0.336 e. The zero-order valence-corrected chi connectivity index (χ0v) is 13.7. The van der Waals surface area contributed by atoms with E-state index in [1.807, 2.05) is 42.5 Å². The molecular formula is C21H18O4. The molecule has 0 aliphatic heterocycles. The zero-order valence-electron chi connectivity index (χ0n) is 13.7. The van der Waals surface area contributed by atoms with Gasteiger partial charge in [0.05, 0.1) is 0 Å². The third-order valence-electron chi connectivity index (χ3n) is 4.58. The molecule has 0 saturated heterocycles. The van der Waals surface area contributed by atoms with Crippen molar-refractivity contribution in [3.05, 3.63) is 65.0 Å². The van der Waals surface area contributed by atoms with E-state index >= 15 is 0 Å². The average molecular weight is 334 g/mol. The maximum absolute atomic E-state index is 12.0. The average Bonchev–Trinajstić information content (AvgIpc) is 2.63.